The molecule has 110 valence electrons. The van der Waals surface area contributed by atoms with E-state index in [1.165, 1.54) is 4.31 Å². The number of hydrogen-bond donors (Lipinski definition) is 2. The van der Waals surface area contributed by atoms with Crippen LogP contribution in [0.15, 0.2) is 29.2 Å². The summed E-state index contributed by atoms with van der Waals surface area (Å²) in [6.07, 6.45) is 0. The number of hydrogen-bond acceptors (Lipinski definition) is 4. The molecule has 0 amide bonds. The zero-order valence-corrected chi connectivity index (χ0v) is 12.4. The van der Waals surface area contributed by atoms with E-state index in [1.807, 2.05) is 17.9 Å². The fourth-order valence-electron chi connectivity index (χ4n) is 2.29. The van der Waals surface area contributed by atoms with Crippen LogP contribution in [0, 0.1) is 12.3 Å². The first-order valence-electron chi connectivity index (χ1n) is 6.51. The number of sulfonamides is 1. The largest absolute Gasteiger partial charge is 0.387 e. The van der Waals surface area contributed by atoms with Crippen molar-refractivity contribution in [2.75, 3.05) is 32.7 Å². The third-order valence-electron chi connectivity index (χ3n) is 3.35. The highest BCUT2D eigenvalue weighted by Gasteiger charge is 2.28. The third-order valence-corrected chi connectivity index (χ3v) is 5.25. The monoisotopic (exact) mass is 296 g/mol. The highest BCUT2D eigenvalue weighted by molar-refractivity contribution is 7.89. The maximum atomic E-state index is 12.5. The van der Waals surface area contributed by atoms with Crippen molar-refractivity contribution in [2.24, 2.45) is 5.73 Å². The van der Waals surface area contributed by atoms with Gasteiger partial charge < -0.3 is 5.73 Å². The zero-order chi connectivity index (χ0) is 14.8. The lowest BCUT2D eigenvalue weighted by atomic mass is 10.2. The van der Waals surface area contributed by atoms with Crippen molar-refractivity contribution in [1.82, 2.24) is 9.21 Å². The van der Waals surface area contributed by atoms with E-state index in [1.54, 1.807) is 18.2 Å². The van der Waals surface area contributed by atoms with E-state index in [-0.39, 0.29) is 5.84 Å². The molecule has 7 heteroatoms. The van der Waals surface area contributed by atoms with Crippen molar-refractivity contribution in [3.8, 4) is 0 Å². The molecule has 0 aliphatic carbocycles. The summed E-state index contributed by atoms with van der Waals surface area (Å²) in [6, 6.07) is 6.96. The molecule has 1 aliphatic rings. The number of nitrogens with zero attached hydrogens (tertiary/aromatic N) is 2. The molecule has 1 aliphatic heterocycles. The van der Waals surface area contributed by atoms with Gasteiger partial charge in [-0.2, -0.15) is 4.31 Å². The Morgan fingerprint density at radius 1 is 1.30 bits per heavy atom. The Morgan fingerprint density at radius 3 is 2.50 bits per heavy atom. The topological polar surface area (TPSA) is 90.5 Å². The first-order valence-corrected chi connectivity index (χ1v) is 7.95. The smallest absolute Gasteiger partial charge is 0.243 e. The van der Waals surface area contributed by atoms with Crippen LogP contribution in [0.4, 0.5) is 0 Å². The van der Waals surface area contributed by atoms with Crippen molar-refractivity contribution in [2.45, 2.75) is 11.8 Å². The Bertz CT molecular complexity index is 592. The molecule has 1 fully saturated rings. The van der Waals surface area contributed by atoms with Crippen molar-refractivity contribution < 1.29 is 8.42 Å². The van der Waals surface area contributed by atoms with Gasteiger partial charge in [-0.3, -0.25) is 10.3 Å². The van der Waals surface area contributed by atoms with Gasteiger partial charge in [0.25, 0.3) is 0 Å². The molecular formula is C13H20N4O2S. The maximum Gasteiger partial charge on any atom is 0.243 e. The third kappa shape index (κ3) is 3.36. The summed E-state index contributed by atoms with van der Waals surface area (Å²) in [5.41, 5.74) is 6.29. The van der Waals surface area contributed by atoms with Crippen molar-refractivity contribution in [3.63, 3.8) is 0 Å². The van der Waals surface area contributed by atoms with Crippen molar-refractivity contribution in [3.05, 3.63) is 29.8 Å². The van der Waals surface area contributed by atoms with Crippen LogP contribution >= 0.6 is 0 Å². The van der Waals surface area contributed by atoms with Crippen LogP contribution < -0.4 is 5.73 Å². The Morgan fingerprint density at radius 2 is 1.95 bits per heavy atom. The van der Waals surface area contributed by atoms with Crippen LogP contribution in [0.2, 0.25) is 0 Å². The number of nitrogens with one attached hydrogen (secondary N) is 1. The lowest BCUT2D eigenvalue weighted by molar-refractivity contribution is 0.209. The molecule has 0 aromatic heterocycles. The van der Waals surface area contributed by atoms with E-state index in [0.717, 1.165) is 5.56 Å². The summed E-state index contributed by atoms with van der Waals surface area (Å²) in [6.45, 7) is 4.35. The standard InChI is InChI=1S/C13H20N4O2S/c1-11-3-2-4-12(9-11)20(18,19)17-7-5-16(6-8-17)10-13(14)15/h2-4,9H,5-8,10H2,1H3,(H3,14,15). The molecule has 1 aromatic carbocycles. The van der Waals surface area contributed by atoms with Crippen LogP contribution in [-0.4, -0.2) is 56.2 Å². The highest BCUT2D eigenvalue weighted by atomic mass is 32.2. The molecule has 0 saturated carbocycles. The first-order chi connectivity index (χ1) is 9.39. The second kappa shape index (κ2) is 5.90. The molecule has 0 atom stereocenters. The van der Waals surface area contributed by atoms with E-state index < -0.39 is 10.0 Å². The summed E-state index contributed by atoms with van der Waals surface area (Å²) in [5, 5.41) is 7.27. The van der Waals surface area contributed by atoms with Gasteiger partial charge in [-0.1, -0.05) is 12.1 Å². The normalized spacial score (nSPS) is 18.1. The van der Waals surface area contributed by atoms with Gasteiger partial charge in [0.2, 0.25) is 10.0 Å². The molecule has 1 aromatic rings. The van der Waals surface area contributed by atoms with Crippen molar-refractivity contribution >= 4 is 15.9 Å². The summed E-state index contributed by atoms with van der Waals surface area (Å²) < 4.78 is 26.5. The fraction of sp³-hybridized carbons (Fsp3) is 0.462. The Balaban J connectivity index is 2.08. The lowest BCUT2D eigenvalue weighted by Crippen LogP contribution is -2.50. The van der Waals surface area contributed by atoms with Gasteiger partial charge in [0, 0.05) is 26.2 Å². The molecule has 0 spiro atoms. The lowest BCUT2D eigenvalue weighted by Gasteiger charge is -2.33. The number of amidine groups is 1. The molecule has 0 radical (unpaired) electrons. The van der Waals surface area contributed by atoms with Gasteiger partial charge in [-0.15, -0.1) is 0 Å². The van der Waals surface area contributed by atoms with E-state index >= 15 is 0 Å². The van der Waals surface area contributed by atoms with E-state index in [2.05, 4.69) is 0 Å². The quantitative estimate of drug-likeness (QED) is 0.615. The second-order valence-corrected chi connectivity index (χ2v) is 6.96. The van der Waals surface area contributed by atoms with E-state index in [4.69, 9.17) is 11.1 Å². The minimum Gasteiger partial charge on any atom is -0.387 e. The molecule has 3 N–H and O–H groups in total. The van der Waals surface area contributed by atoms with Crippen molar-refractivity contribution in [1.29, 1.82) is 5.41 Å². The minimum atomic E-state index is -3.41. The average Bonchev–Trinajstić information content (AvgIpc) is 2.38. The molecular weight excluding hydrogens is 276 g/mol. The van der Waals surface area contributed by atoms with Crippen LogP contribution in [0.25, 0.3) is 0 Å². The van der Waals surface area contributed by atoms with Gasteiger partial charge in [-0.05, 0) is 24.6 Å². The number of benzene rings is 1. The van der Waals surface area contributed by atoms with Crippen LogP contribution in [0.3, 0.4) is 0 Å². The van der Waals surface area contributed by atoms with Gasteiger partial charge in [0.15, 0.2) is 0 Å². The van der Waals surface area contributed by atoms with Gasteiger partial charge in [-0.25, -0.2) is 8.42 Å². The first kappa shape index (κ1) is 15.0. The SMILES string of the molecule is Cc1cccc(S(=O)(=O)N2CCN(CC(=N)N)CC2)c1. The predicted octanol–water partition coefficient (Wildman–Crippen LogP) is 0.237. The summed E-state index contributed by atoms with van der Waals surface area (Å²) in [4.78, 5) is 2.34. The van der Waals surface area contributed by atoms with Gasteiger partial charge in [0.05, 0.1) is 11.4 Å². The van der Waals surface area contributed by atoms with Gasteiger partial charge in [0.1, 0.15) is 5.84 Å². The fourth-order valence-corrected chi connectivity index (χ4v) is 3.82. The minimum absolute atomic E-state index is 0.111. The van der Waals surface area contributed by atoms with E-state index in [9.17, 15) is 8.42 Å². The summed E-state index contributed by atoms with van der Waals surface area (Å²) in [7, 11) is -3.41. The van der Waals surface area contributed by atoms with E-state index in [0.29, 0.717) is 37.6 Å². The Labute approximate surface area is 119 Å². The maximum absolute atomic E-state index is 12.5. The Hall–Kier alpha value is -1.44. The number of rotatable bonds is 4. The summed E-state index contributed by atoms with van der Waals surface area (Å²) in [5.74, 6) is 0.111. The number of piperazine rings is 1. The Kier molecular flexibility index (Phi) is 4.42. The molecule has 20 heavy (non-hydrogen) atoms. The van der Waals surface area contributed by atoms with Crippen LogP contribution in [-0.2, 0) is 10.0 Å². The molecule has 1 heterocycles. The molecule has 2 rings (SSSR count). The van der Waals surface area contributed by atoms with Crippen LogP contribution in [0.1, 0.15) is 5.56 Å². The van der Waals surface area contributed by atoms with Gasteiger partial charge >= 0.3 is 0 Å². The van der Waals surface area contributed by atoms with Crippen LogP contribution in [0.5, 0.6) is 0 Å². The molecule has 0 unspecified atom stereocenters. The predicted molar refractivity (Wildman–Crippen MR) is 78.3 cm³/mol. The molecule has 6 nitrogen and oxygen atoms in total. The highest BCUT2D eigenvalue weighted by Crippen LogP contribution is 2.18. The molecule has 0 bridgehead atoms. The average molecular weight is 296 g/mol. The number of aryl methyl sites for hydroxylation is 1. The second-order valence-electron chi connectivity index (χ2n) is 5.02. The zero-order valence-electron chi connectivity index (χ0n) is 11.5. The summed E-state index contributed by atoms with van der Waals surface area (Å²) >= 11 is 0. The molecule has 1 saturated heterocycles. The number of nitrogens with two attached hydrogens (primary N) is 1.